The van der Waals surface area contributed by atoms with Gasteiger partial charge in [0.25, 0.3) is 0 Å². The molecule has 1 heterocycles. The summed E-state index contributed by atoms with van der Waals surface area (Å²) in [4.78, 5) is 3.80. The highest BCUT2D eigenvalue weighted by molar-refractivity contribution is 6.43. The highest BCUT2D eigenvalue weighted by Crippen LogP contribution is 2.36. The Kier molecular flexibility index (Phi) is 6.97. The van der Waals surface area contributed by atoms with Gasteiger partial charge in [0.05, 0.1) is 12.8 Å². The molecule has 3 nitrogen and oxygen atoms in total. The second-order valence-electron chi connectivity index (χ2n) is 3.35. The number of rotatable bonds is 7. The topological polar surface area (TPSA) is 31.4 Å². The van der Waals surface area contributed by atoms with Crippen LogP contribution in [0.25, 0.3) is 0 Å². The lowest BCUT2D eigenvalue weighted by molar-refractivity contribution is 0.0981. The van der Waals surface area contributed by atoms with Crippen LogP contribution >= 0.6 is 34.8 Å². The zero-order valence-corrected chi connectivity index (χ0v) is 11.8. The van der Waals surface area contributed by atoms with E-state index >= 15 is 0 Å². The maximum Gasteiger partial charge on any atom is 0.161 e. The summed E-state index contributed by atoms with van der Waals surface area (Å²) in [7, 11) is 0. The average Bonchev–Trinajstić information content (AvgIpc) is 2.32. The van der Waals surface area contributed by atoms with Crippen molar-refractivity contribution in [2.75, 3.05) is 19.8 Å². The number of hydrogen-bond acceptors (Lipinski definition) is 3. The quantitative estimate of drug-likeness (QED) is 0.557. The summed E-state index contributed by atoms with van der Waals surface area (Å²) < 4.78 is 10.8. The van der Waals surface area contributed by atoms with E-state index in [2.05, 4.69) is 11.9 Å². The highest BCUT2D eigenvalue weighted by Gasteiger charge is 2.11. The first kappa shape index (κ1) is 14.8. The molecule has 0 saturated heterocycles. The molecular weight excluding hydrogens is 284 g/mol. The van der Waals surface area contributed by atoms with Crippen LogP contribution in [0.2, 0.25) is 15.2 Å². The SMILES string of the molecule is CCCCOCCOc1c(Cl)cnc(Cl)c1Cl. The van der Waals surface area contributed by atoms with Gasteiger partial charge in [0.2, 0.25) is 0 Å². The van der Waals surface area contributed by atoms with Crippen molar-refractivity contribution < 1.29 is 9.47 Å². The van der Waals surface area contributed by atoms with Gasteiger partial charge in [0, 0.05) is 6.61 Å². The minimum Gasteiger partial charge on any atom is -0.488 e. The Hall–Kier alpha value is -0.220. The molecule has 1 rings (SSSR count). The van der Waals surface area contributed by atoms with Crippen LogP contribution in [-0.4, -0.2) is 24.8 Å². The van der Waals surface area contributed by atoms with Crippen LogP contribution < -0.4 is 4.74 Å². The molecule has 0 aromatic carbocycles. The summed E-state index contributed by atoms with van der Waals surface area (Å²) >= 11 is 17.6. The normalized spacial score (nSPS) is 10.6. The van der Waals surface area contributed by atoms with Gasteiger partial charge in [-0.25, -0.2) is 4.98 Å². The molecule has 0 fully saturated rings. The molecule has 0 aliphatic carbocycles. The molecular formula is C11H14Cl3NO2. The Balaban J connectivity index is 2.39. The molecule has 0 aliphatic heterocycles. The van der Waals surface area contributed by atoms with Crippen molar-refractivity contribution in [3.63, 3.8) is 0 Å². The maximum atomic E-state index is 5.92. The number of aromatic nitrogens is 1. The van der Waals surface area contributed by atoms with Gasteiger partial charge < -0.3 is 9.47 Å². The van der Waals surface area contributed by atoms with Gasteiger partial charge in [-0.15, -0.1) is 0 Å². The second kappa shape index (κ2) is 7.98. The first-order valence-electron chi connectivity index (χ1n) is 5.36. The fourth-order valence-electron chi connectivity index (χ4n) is 1.11. The van der Waals surface area contributed by atoms with E-state index in [1.54, 1.807) is 0 Å². The van der Waals surface area contributed by atoms with E-state index in [0.717, 1.165) is 19.4 Å². The predicted molar refractivity (Wildman–Crippen MR) is 70.5 cm³/mol. The Morgan fingerprint density at radius 2 is 1.94 bits per heavy atom. The Morgan fingerprint density at radius 1 is 1.18 bits per heavy atom. The van der Waals surface area contributed by atoms with Crippen molar-refractivity contribution in [3.8, 4) is 5.75 Å². The molecule has 6 heteroatoms. The summed E-state index contributed by atoms with van der Waals surface area (Å²) in [5.74, 6) is 0.354. The van der Waals surface area contributed by atoms with Crippen molar-refractivity contribution in [3.05, 3.63) is 21.4 Å². The van der Waals surface area contributed by atoms with Crippen LogP contribution in [0.5, 0.6) is 5.75 Å². The van der Waals surface area contributed by atoms with Crippen molar-refractivity contribution in [2.45, 2.75) is 19.8 Å². The van der Waals surface area contributed by atoms with Crippen LogP contribution in [0.1, 0.15) is 19.8 Å². The van der Waals surface area contributed by atoms with Gasteiger partial charge in [-0.1, -0.05) is 48.1 Å². The van der Waals surface area contributed by atoms with Crippen molar-refractivity contribution >= 4 is 34.8 Å². The number of halogens is 3. The van der Waals surface area contributed by atoms with Crippen molar-refractivity contribution in [2.24, 2.45) is 0 Å². The number of nitrogens with zero attached hydrogens (tertiary/aromatic N) is 1. The lowest BCUT2D eigenvalue weighted by atomic mass is 10.4. The molecule has 96 valence electrons. The largest absolute Gasteiger partial charge is 0.488 e. The first-order chi connectivity index (χ1) is 8.16. The van der Waals surface area contributed by atoms with Gasteiger partial charge in [-0.3, -0.25) is 0 Å². The smallest absolute Gasteiger partial charge is 0.161 e. The van der Waals surface area contributed by atoms with Crippen LogP contribution in [0.4, 0.5) is 0 Å². The number of ether oxygens (including phenoxy) is 2. The third kappa shape index (κ3) is 4.88. The Morgan fingerprint density at radius 3 is 2.65 bits per heavy atom. The first-order valence-corrected chi connectivity index (χ1v) is 6.50. The predicted octanol–water partition coefficient (Wildman–Crippen LogP) is 4.24. The van der Waals surface area contributed by atoms with E-state index in [4.69, 9.17) is 44.3 Å². The summed E-state index contributed by atoms with van der Waals surface area (Å²) in [6.45, 7) is 3.72. The van der Waals surface area contributed by atoms with Gasteiger partial charge >= 0.3 is 0 Å². The van der Waals surface area contributed by atoms with E-state index < -0.39 is 0 Å². The molecule has 0 N–H and O–H groups in total. The van der Waals surface area contributed by atoms with Crippen LogP contribution in [-0.2, 0) is 4.74 Å². The number of pyridine rings is 1. The molecule has 0 radical (unpaired) electrons. The second-order valence-corrected chi connectivity index (χ2v) is 4.50. The van der Waals surface area contributed by atoms with Crippen molar-refractivity contribution in [1.29, 1.82) is 0 Å². The fourth-order valence-corrected chi connectivity index (χ4v) is 1.70. The minimum atomic E-state index is 0.179. The van der Waals surface area contributed by atoms with Crippen LogP contribution in [0.3, 0.4) is 0 Å². The summed E-state index contributed by atoms with van der Waals surface area (Å²) in [5, 5.41) is 0.749. The zero-order valence-electron chi connectivity index (χ0n) is 9.51. The minimum absolute atomic E-state index is 0.179. The summed E-state index contributed by atoms with van der Waals surface area (Å²) in [5.41, 5.74) is 0. The fraction of sp³-hybridized carbons (Fsp3) is 0.545. The van der Waals surface area contributed by atoms with E-state index in [1.807, 2.05) is 0 Å². The maximum absolute atomic E-state index is 5.92. The molecule has 17 heavy (non-hydrogen) atoms. The molecule has 0 spiro atoms. The standard InChI is InChI=1S/C11H14Cl3NO2/c1-2-3-4-16-5-6-17-10-8(12)7-15-11(14)9(10)13/h7H,2-6H2,1H3. The molecule has 0 atom stereocenters. The Labute approximate surface area is 116 Å². The third-order valence-electron chi connectivity index (χ3n) is 2.00. The van der Waals surface area contributed by atoms with E-state index in [1.165, 1.54) is 6.20 Å². The van der Waals surface area contributed by atoms with E-state index in [-0.39, 0.29) is 10.2 Å². The Bertz CT molecular complexity index is 361. The van der Waals surface area contributed by atoms with Crippen LogP contribution in [0, 0.1) is 0 Å². The number of hydrogen-bond donors (Lipinski definition) is 0. The van der Waals surface area contributed by atoms with Crippen LogP contribution in [0.15, 0.2) is 6.20 Å². The molecule has 0 saturated carbocycles. The molecule has 1 aromatic rings. The zero-order chi connectivity index (χ0) is 12.7. The summed E-state index contributed by atoms with van der Waals surface area (Å²) in [6, 6.07) is 0. The van der Waals surface area contributed by atoms with Gasteiger partial charge in [0.1, 0.15) is 16.7 Å². The van der Waals surface area contributed by atoms with Gasteiger partial charge in [-0.2, -0.15) is 0 Å². The number of unbranched alkanes of at least 4 members (excludes halogenated alkanes) is 1. The lowest BCUT2D eigenvalue weighted by Gasteiger charge is -2.10. The molecule has 0 unspecified atom stereocenters. The summed E-state index contributed by atoms with van der Waals surface area (Å²) in [6.07, 6.45) is 3.56. The third-order valence-corrected chi connectivity index (χ3v) is 3.01. The molecule has 0 amide bonds. The lowest BCUT2D eigenvalue weighted by Crippen LogP contribution is -2.08. The molecule has 0 aliphatic rings. The monoisotopic (exact) mass is 297 g/mol. The molecule has 1 aromatic heterocycles. The highest BCUT2D eigenvalue weighted by atomic mass is 35.5. The van der Waals surface area contributed by atoms with Crippen molar-refractivity contribution in [1.82, 2.24) is 4.98 Å². The van der Waals surface area contributed by atoms with Gasteiger partial charge in [0.15, 0.2) is 10.9 Å². The van der Waals surface area contributed by atoms with E-state index in [0.29, 0.717) is 24.0 Å². The molecule has 0 bridgehead atoms. The average molecular weight is 299 g/mol. The van der Waals surface area contributed by atoms with E-state index in [9.17, 15) is 0 Å². The van der Waals surface area contributed by atoms with Gasteiger partial charge in [-0.05, 0) is 6.42 Å².